The molecule has 3 heterocycles. The Labute approximate surface area is 178 Å². The maximum absolute atomic E-state index is 11.8. The van der Waals surface area contributed by atoms with E-state index in [1.807, 2.05) is 54.9 Å². The number of carbonyl (C=O) groups is 1. The van der Waals surface area contributed by atoms with Crippen LogP contribution in [0, 0.1) is 5.92 Å². The van der Waals surface area contributed by atoms with Gasteiger partial charge in [-0.05, 0) is 43.0 Å². The molecule has 1 saturated carbocycles. The lowest BCUT2D eigenvalue weighted by Crippen LogP contribution is -2.17. The molecule has 0 spiro atoms. The summed E-state index contributed by atoms with van der Waals surface area (Å²) in [5.74, 6) is 0.461. The minimum atomic E-state index is -0.762. The van der Waals surface area contributed by atoms with Gasteiger partial charge in [-0.1, -0.05) is 13.8 Å². The van der Waals surface area contributed by atoms with Crippen molar-refractivity contribution in [1.29, 1.82) is 0 Å². The van der Waals surface area contributed by atoms with Crippen molar-refractivity contribution in [2.75, 3.05) is 5.32 Å². The zero-order valence-electron chi connectivity index (χ0n) is 16.8. The average molecular weight is 422 g/mol. The summed E-state index contributed by atoms with van der Waals surface area (Å²) in [5, 5.41) is 18.5. The van der Waals surface area contributed by atoms with E-state index < -0.39 is 6.10 Å². The lowest BCUT2D eigenvalue weighted by molar-refractivity contribution is -0.118. The van der Waals surface area contributed by atoms with Crippen molar-refractivity contribution in [1.82, 2.24) is 19.2 Å². The van der Waals surface area contributed by atoms with Crippen LogP contribution < -0.4 is 5.32 Å². The van der Waals surface area contributed by atoms with Crippen LogP contribution in [0.3, 0.4) is 0 Å². The van der Waals surface area contributed by atoms with Crippen molar-refractivity contribution < 1.29 is 9.90 Å². The zero-order chi connectivity index (χ0) is 20.8. The van der Waals surface area contributed by atoms with Gasteiger partial charge in [0.1, 0.15) is 17.3 Å². The van der Waals surface area contributed by atoms with Crippen molar-refractivity contribution in [2.45, 2.75) is 38.7 Å². The Balaban J connectivity index is 1.40. The van der Waals surface area contributed by atoms with Gasteiger partial charge in [0, 0.05) is 28.2 Å². The number of fused-ring (bicyclic) bond motifs is 1. The number of hydrogen-bond donors (Lipinski definition) is 2. The maximum atomic E-state index is 11.8. The highest BCUT2D eigenvalue weighted by Gasteiger charge is 2.33. The molecule has 0 radical (unpaired) electrons. The summed E-state index contributed by atoms with van der Waals surface area (Å²) in [7, 11) is 0. The third kappa shape index (κ3) is 3.42. The lowest BCUT2D eigenvalue weighted by Gasteiger charge is -2.11. The van der Waals surface area contributed by atoms with Crippen molar-refractivity contribution >= 4 is 27.8 Å². The van der Waals surface area contributed by atoms with E-state index in [1.165, 1.54) is 17.7 Å². The molecule has 1 atom stereocenters. The number of nitrogens with zero attached hydrogens (tertiary/aromatic N) is 4. The van der Waals surface area contributed by atoms with E-state index in [9.17, 15) is 9.90 Å². The van der Waals surface area contributed by atoms with Crippen LogP contribution in [0.5, 0.6) is 0 Å². The van der Waals surface area contributed by atoms with Crippen LogP contribution in [-0.2, 0) is 4.79 Å². The molecule has 5 rings (SSSR count). The first-order valence-electron chi connectivity index (χ1n) is 10.1. The van der Waals surface area contributed by atoms with Crippen LogP contribution in [-0.4, -0.2) is 30.2 Å². The Morgan fingerprint density at radius 2 is 2.00 bits per heavy atom. The number of aliphatic hydroxyl groups excluding tert-OH is 1. The number of anilines is 1. The first kappa shape index (κ1) is 19.0. The van der Waals surface area contributed by atoms with Gasteiger partial charge in [0.15, 0.2) is 0 Å². The Hall–Kier alpha value is -2.97. The van der Waals surface area contributed by atoms with Gasteiger partial charge < -0.3 is 10.4 Å². The molecule has 0 saturated heterocycles. The fourth-order valence-corrected chi connectivity index (χ4v) is 4.79. The maximum Gasteiger partial charge on any atom is 0.226 e. The van der Waals surface area contributed by atoms with E-state index >= 15 is 0 Å². The van der Waals surface area contributed by atoms with Crippen molar-refractivity contribution in [3.8, 4) is 5.69 Å². The Bertz CT molecular complexity index is 1200. The molecule has 2 N–H and O–H groups in total. The molecule has 1 aromatic carbocycles. The Kier molecular flexibility index (Phi) is 4.67. The highest BCUT2D eigenvalue weighted by atomic mass is 32.1. The number of amides is 1. The second kappa shape index (κ2) is 7.37. The highest BCUT2D eigenvalue weighted by molar-refractivity contribution is 7.17. The lowest BCUT2D eigenvalue weighted by atomic mass is 10.1. The number of hydrogen-bond acceptors (Lipinski definition) is 5. The topological polar surface area (TPSA) is 84.5 Å². The fourth-order valence-electron chi connectivity index (χ4n) is 3.49. The molecular weight excluding hydrogens is 398 g/mol. The van der Waals surface area contributed by atoms with Gasteiger partial charge in [-0.3, -0.25) is 9.20 Å². The Morgan fingerprint density at radius 1 is 1.23 bits per heavy atom. The summed E-state index contributed by atoms with van der Waals surface area (Å²) in [6, 6.07) is 7.50. The van der Waals surface area contributed by atoms with E-state index in [4.69, 9.17) is 0 Å². The van der Waals surface area contributed by atoms with Crippen LogP contribution in [0.25, 0.3) is 10.5 Å². The van der Waals surface area contributed by atoms with Crippen molar-refractivity contribution in [2.24, 2.45) is 5.92 Å². The van der Waals surface area contributed by atoms with Gasteiger partial charge in [0.25, 0.3) is 0 Å². The fraction of sp³-hybridized carbons (Fsp3) is 0.318. The van der Waals surface area contributed by atoms with Crippen LogP contribution in [0.2, 0.25) is 0 Å². The molecule has 4 aromatic rings. The third-order valence-electron chi connectivity index (χ3n) is 5.38. The second-order valence-corrected chi connectivity index (χ2v) is 9.10. The summed E-state index contributed by atoms with van der Waals surface area (Å²) >= 11 is 1.71. The highest BCUT2D eigenvalue weighted by Crippen LogP contribution is 2.47. The van der Waals surface area contributed by atoms with Crippen molar-refractivity contribution in [3.63, 3.8) is 0 Å². The molecule has 0 bridgehead atoms. The molecule has 8 heteroatoms. The first-order valence-corrected chi connectivity index (χ1v) is 10.9. The van der Waals surface area contributed by atoms with Gasteiger partial charge in [-0.15, -0.1) is 11.3 Å². The number of nitrogens with one attached hydrogen (secondary N) is 1. The minimum Gasteiger partial charge on any atom is -0.382 e. The normalized spacial score (nSPS) is 15.1. The summed E-state index contributed by atoms with van der Waals surface area (Å²) in [4.78, 5) is 18.4. The zero-order valence-corrected chi connectivity index (χ0v) is 17.6. The first-order chi connectivity index (χ1) is 14.5. The predicted molar refractivity (Wildman–Crippen MR) is 116 cm³/mol. The molecular formula is C22H23N5O2S. The van der Waals surface area contributed by atoms with E-state index in [-0.39, 0.29) is 11.8 Å². The number of benzene rings is 1. The van der Waals surface area contributed by atoms with E-state index in [2.05, 4.69) is 15.4 Å². The number of carbonyl (C=O) groups excluding carboxylic acids is 1. The number of aromatic nitrogens is 4. The molecule has 1 aliphatic carbocycles. The van der Waals surface area contributed by atoms with E-state index in [0.29, 0.717) is 5.92 Å². The van der Waals surface area contributed by atoms with Gasteiger partial charge >= 0.3 is 0 Å². The van der Waals surface area contributed by atoms with Crippen LogP contribution in [0.1, 0.15) is 54.8 Å². The quantitative estimate of drug-likeness (QED) is 0.490. The molecule has 0 aliphatic heterocycles. The molecule has 1 aliphatic rings. The van der Waals surface area contributed by atoms with Gasteiger partial charge in [-0.2, -0.15) is 5.10 Å². The van der Waals surface area contributed by atoms with Crippen LogP contribution in [0.4, 0.5) is 5.69 Å². The summed E-state index contributed by atoms with van der Waals surface area (Å²) in [6.45, 7) is 3.72. The van der Waals surface area contributed by atoms with Crippen LogP contribution >= 0.6 is 11.3 Å². The third-order valence-corrected chi connectivity index (χ3v) is 6.65. The van der Waals surface area contributed by atoms with Crippen LogP contribution in [0.15, 0.2) is 49.2 Å². The van der Waals surface area contributed by atoms with Gasteiger partial charge in [-0.25, -0.2) is 9.67 Å². The second-order valence-electron chi connectivity index (χ2n) is 8.04. The Morgan fingerprint density at radius 3 is 2.70 bits per heavy atom. The number of rotatable bonds is 6. The number of imidazole rings is 1. The minimum absolute atomic E-state index is 0.0136. The molecule has 30 heavy (non-hydrogen) atoms. The largest absolute Gasteiger partial charge is 0.382 e. The molecule has 3 aromatic heterocycles. The average Bonchev–Trinajstić information content (AvgIpc) is 3.14. The molecule has 1 unspecified atom stereocenters. The number of aliphatic hydroxyl groups is 1. The summed E-state index contributed by atoms with van der Waals surface area (Å²) in [5.41, 5.74) is 3.25. The van der Waals surface area contributed by atoms with Gasteiger partial charge in [0.05, 0.1) is 23.8 Å². The molecule has 1 fully saturated rings. The molecule has 154 valence electrons. The van der Waals surface area contributed by atoms with Gasteiger partial charge in [0.2, 0.25) is 5.91 Å². The molecule has 7 nitrogen and oxygen atoms in total. The number of thiazole rings is 1. The van der Waals surface area contributed by atoms with E-state index in [0.717, 1.165) is 27.5 Å². The molecule has 1 amide bonds. The van der Waals surface area contributed by atoms with E-state index in [1.54, 1.807) is 28.5 Å². The summed E-state index contributed by atoms with van der Waals surface area (Å²) < 4.78 is 3.73. The SMILES string of the molecule is CC(C)C(=O)Nc1ccc(-n2cc(C(O)c3c(C4CC4)sc4cncn34)cn2)cc1. The predicted octanol–water partition coefficient (Wildman–Crippen LogP) is 4.14. The summed E-state index contributed by atoms with van der Waals surface area (Å²) in [6.07, 6.45) is 8.76. The smallest absolute Gasteiger partial charge is 0.226 e. The standard InChI is InChI=1S/C22H23N5O2S/c1-13(2)22(29)25-16-5-7-17(8-6-16)27-11-15(9-24-27)20(28)19-21(14-3-4-14)30-18-10-23-12-26(18)19/h5-14,20,28H,3-4H2,1-2H3,(H,25,29). The monoisotopic (exact) mass is 421 g/mol. The van der Waals surface area contributed by atoms with Crippen molar-refractivity contribution in [3.05, 3.63) is 65.3 Å².